The van der Waals surface area contributed by atoms with Gasteiger partial charge in [-0.1, -0.05) is 29.3 Å². The quantitative estimate of drug-likeness (QED) is 0.476. The van der Waals surface area contributed by atoms with Crippen LogP contribution in [0.15, 0.2) is 47.4 Å². The van der Waals surface area contributed by atoms with E-state index >= 15 is 0 Å². The van der Waals surface area contributed by atoms with Gasteiger partial charge in [0.05, 0.1) is 22.2 Å². The summed E-state index contributed by atoms with van der Waals surface area (Å²) in [5.74, 6) is 0.0763. The molecule has 2 amide bonds. The molecule has 1 aliphatic heterocycles. The van der Waals surface area contributed by atoms with E-state index in [0.29, 0.717) is 41.9 Å². The second kappa shape index (κ2) is 11.0. The Morgan fingerprint density at radius 2 is 1.74 bits per heavy atom. The van der Waals surface area contributed by atoms with Gasteiger partial charge in [-0.25, -0.2) is 0 Å². The van der Waals surface area contributed by atoms with E-state index in [2.05, 4.69) is 15.5 Å². The van der Waals surface area contributed by atoms with Gasteiger partial charge in [-0.3, -0.25) is 9.59 Å². The van der Waals surface area contributed by atoms with E-state index in [4.69, 9.17) is 35.4 Å². The average molecular weight is 497 g/mol. The highest BCUT2D eigenvalue weighted by Crippen LogP contribution is 2.34. The number of anilines is 2. The van der Waals surface area contributed by atoms with Gasteiger partial charge in [-0.15, -0.1) is 11.8 Å². The van der Waals surface area contributed by atoms with Crippen LogP contribution in [-0.2, 0) is 9.59 Å². The van der Waals surface area contributed by atoms with Crippen LogP contribution in [0.1, 0.15) is 6.92 Å². The SMILES string of the molecule is CC(=O)N1CCN(c2c(Cl)cccc2NC(=S)NC(=O)CSc2ccc(Cl)cc2)CC1. The molecule has 0 aliphatic carbocycles. The second-order valence-corrected chi connectivity index (χ2v) is 9.17. The van der Waals surface area contributed by atoms with Crippen LogP contribution in [0.5, 0.6) is 0 Å². The summed E-state index contributed by atoms with van der Waals surface area (Å²) in [5, 5.41) is 7.22. The monoisotopic (exact) mass is 496 g/mol. The Kier molecular flexibility index (Phi) is 8.43. The predicted molar refractivity (Wildman–Crippen MR) is 132 cm³/mol. The summed E-state index contributed by atoms with van der Waals surface area (Å²) in [6.07, 6.45) is 0. The minimum Gasteiger partial charge on any atom is -0.365 e. The van der Waals surface area contributed by atoms with Crippen molar-refractivity contribution >= 4 is 75.5 Å². The first-order valence-corrected chi connectivity index (χ1v) is 11.8. The fraction of sp³-hybridized carbons (Fsp3) is 0.286. The molecule has 3 rings (SSSR count). The van der Waals surface area contributed by atoms with Gasteiger partial charge in [-0.2, -0.15) is 0 Å². The highest BCUT2D eigenvalue weighted by atomic mass is 35.5. The van der Waals surface area contributed by atoms with Crippen molar-refractivity contribution in [1.82, 2.24) is 10.2 Å². The highest BCUT2D eigenvalue weighted by molar-refractivity contribution is 8.00. The van der Waals surface area contributed by atoms with Gasteiger partial charge in [0.15, 0.2) is 5.11 Å². The van der Waals surface area contributed by atoms with Crippen LogP contribution < -0.4 is 15.5 Å². The summed E-state index contributed by atoms with van der Waals surface area (Å²) in [7, 11) is 0. The number of halogens is 2. The second-order valence-electron chi connectivity index (χ2n) is 6.87. The number of benzene rings is 2. The van der Waals surface area contributed by atoms with Crippen LogP contribution in [0.25, 0.3) is 0 Å². The highest BCUT2D eigenvalue weighted by Gasteiger charge is 2.23. The van der Waals surface area contributed by atoms with Gasteiger partial charge < -0.3 is 20.4 Å². The Morgan fingerprint density at radius 1 is 1.06 bits per heavy atom. The summed E-state index contributed by atoms with van der Waals surface area (Å²) in [4.78, 5) is 28.7. The number of thioether (sulfide) groups is 1. The number of amides is 2. The number of carbonyl (C=O) groups excluding carboxylic acids is 2. The first kappa shape index (κ1) is 23.7. The Labute approximate surface area is 201 Å². The first-order chi connectivity index (χ1) is 14.8. The number of nitrogens with one attached hydrogen (secondary N) is 2. The number of carbonyl (C=O) groups is 2. The van der Waals surface area contributed by atoms with Crippen LogP contribution in [0, 0.1) is 0 Å². The molecule has 1 aliphatic rings. The Bertz CT molecular complexity index is 964. The van der Waals surface area contributed by atoms with Crippen LogP contribution in [-0.4, -0.2) is 53.8 Å². The lowest BCUT2D eigenvalue weighted by Gasteiger charge is -2.37. The Balaban J connectivity index is 1.58. The summed E-state index contributed by atoms with van der Waals surface area (Å²) in [6, 6.07) is 12.8. The number of nitrogens with zero attached hydrogens (tertiary/aromatic N) is 2. The summed E-state index contributed by atoms with van der Waals surface area (Å²) >= 11 is 19.1. The summed E-state index contributed by atoms with van der Waals surface area (Å²) in [5.41, 5.74) is 1.51. The molecule has 10 heteroatoms. The molecule has 31 heavy (non-hydrogen) atoms. The molecule has 2 aromatic carbocycles. The molecular formula is C21H22Cl2N4O2S2. The third kappa shape index (κ3) is 6.74. The van der Waals surface area contributed by atoms with Crippen molar-refractivity contribution in [3.63, 3.8) is 0 Å². The number of piperazine rings is 1. The summed E-state index contributed by atoms with van der Waals surface area (Å²) < 4.78 is 0. The van der Waals surface area contributed by atoms with Crippen LogP contribution >= 0.6 is 47.2 Å². The molecule has 2 aromatic rings. The average Bonchev–Trinajstić information content (AvgIpc) is 2.73. The van der Waals surface area contributed by atoms with E-state index in [1.807, 2.05) is 35.2 Å². The molecule has 0 atom stereocenters. The number of hydrogen-bond donors (Lipinski definition) is 2. The zero-order valence-corrected chi connectivity index (χ0v) is 20.0. The maximum absolute atomic E-state index is 12.3. The zero-order valence-electron chi connectivity index (χ0n) is 16.9. The lowest BCUT2D eigenvalue weighted by molar-refractivity contribution is -0.129. The van der Waals surface area contributed by atoms with Crippen LogP contribution in [0.2, 0.25) is 10.0 Å². The number of para-hydroxylation sites is 1. The van der Waals surface area contributed by atoms with Gasteiger partial charge in [0.2, 0.25) is 11.8 Å². The minimum atomic E-state index is -0.212. The van der Waals surface area contributed by atoms with Gasteiger partial charge in [0, 0.05) is 43.0 Å². The molecule has 0 saturated carbocycles. The fourth-order valence-corrected chi connectivity index (χ4v) is 4.52. The molecular weight excluding hydrogens is 475 g/mol. The fourth-order valence-electron chi connectivity index (χ4n) is 3.18. The van der Waals surface area contributed by atoms with Crippen LogP contribution in [0.3, 0.4) is 0 Å². The van der Waals surface area contributed by atoms with E-state index in [1.54, 1.807) is 19.1 Å². The van der Waals surface area contributed by atoms with Gasteiger partial charge in [-0.05, 0) is 48.6 Å². The van der Waals surface area contributed by atoms with Crippen molar-refractivity contribution in [2.24, 2.45) is 0 Å². The lowest BCUT2D eigenvalue weighted by Crippen LogP contribution is -2.48. The summed E-state index contributed by atoms with van der Waals surface area (Å²) in [6.45, 7) is 4.15. The topological polar surface area (TPSA) is 64.7 Å². The smallest absolute Gasteiger partial charge is 0.236 e. The standard InChI is InChI=1S/C21H22Cl2N4O2S2/c1-14(28)26-9-11-27(12-10-26)20-17(23)3-2-4-18(20)24-21(30)25-19(29)13-31-16-7-5-15(22)6-8-16/h2-8H,9-13H2,1H3,(H2,24,25,29,30). The largest absolute Gasteiger partial charge is 0.365 e. The third-order valence-electron chi connectivity index (χ3n) is 4.71. The molecule has 6 nitrogen and oxygen atoms in total. The van der Waals surface area contributed by atoms with Gasteiger partial charge in [0.1, 0.15) is 0 Å². The molecule has 1 heterocycles. The molecule has 2 N–H and O–H groups in total. The molecule has 1 saturated heterocycles. The van der Waals surface area contributed by atoms with E-state index in [-0.39, 0.29) is 22.7 Å². The van der Waals surface area contributed by atoms with Crippen molar-refractivity contribution in [2.45, 2.75) is 11.8 Å². The third-order valence-corrected chi connectivity index (χ3v) is 6.49. The number of hydrogen-bond acceptors (Lipinski definition) is 5. The maximum atomic E-state index is 12.3. The van der Waals surface area contributed by atoms with E-state index < -0.39 is 0 Å². The van der Waals surface area contributed by atoms with Gasteiger partial charge >= 0.3 is 0 Å². The lowest BCUT2D eigenvalue weighted by atomic mass is 10.2. The van der Waals surface area contributed by atoms with Crippen molar-refractivity contribution in [1.29, 1.82) is 0 Å². The number of rotatable bonds is 5. The Hall–Kier alpha value is -2.00. The van der Waals surface area contributed by atoms with Crippen LogP contribution in [0.4, 0.5) is 11.4 Å². The zero-order chi connectivity index (χ0) is 22.4. The van der Waals surface area contributed by atoms with Crippen molar-refractivity contribution in [3.05, 3.63) is 52.5 Å². The maximum Gasteiger partial charge on any atom is 0.236 e. The first-order valence-electron chi connectivity index (χ1n) is 9.61. The molecule has 0 unspecified atom stereocenters. The molecule has 1 fully saturated rings. The van der Waals surface area contributed by atoms with Crippen molar-refractivity contribution in [2.75, 3.05) is 42.1 Å². The van der Waals surface area contributed by atoms with Crippen molar-refractivity contribution < 1.29 is 9.59 Å². The Morgan fingerprint density at radius 3 is 2.39 bits per heavy atom. The number of thiocarbonyl (C=S) groups is 1. The predicted octanol–water partition coefficient (Wildman–Crippen LogP) is 4.27. The normalized spacial score (nSPS) is 13.6. The van der Waals surface area contributed by atoms with E-state index in [9.17, 15) is 9.59 Å². The van der Waals surface area contributed by atoms with Crippen molar-refractivity contribution in [3.8, 4) is 0 Å². The molecule has 0 bridgehead atoms. The van der Waals surface area contributed by atoms with E-state index in [0.717, 1.165) is 10.6 Å². The molecule has 164 valence electrons. The van der Waals surface area contributed by atoms with E-state index in [1.165, 1.54) is 11.8 Å². The molecule has 0 aromatic heterocycles. The molecule has 0 spiro atoms. The molecule has 0 radical (unpaired) electrons. The minimum absolute atomic E-state index is 0.0671. The van der Waals surface area contributed by atoms with Gasteiger partial charge in [0.25, 0.3) is 0 Å².